The number of rotatable bonds is 3. The maximum Gasteiger partial charge on any atom is 0.266 e. The Hall–Kier alpha value is -2.30. The van der Waals surface area contributed by atoms with E-state index in [-0.39, 0.29) is 5.57 Å². The summed E-state index contributed by atoms with van der Waals surface area (Å²) in [6.45, 7) is 0.984. The van der Waals surface area contributed by atoms with E-state index in [1.807, 2.05) is 17.5 Å². The molecule has 116 valence electrons. The highest BCUT2D eigenvalue weighted by Gasteiger charge is 2.14. The third-order valence-electron chi connectivity index (χ3n) is 3.04. The number of fused-ring (bicyclic) bond motifs is 1. The highest BCUT2D eigenvalue weighted by molar-refractivity contribution is 9.10. The van der Waals surface area contributed by atoms with Gasteiger partial charge >= 0.3 is 0 Å². The molecule has 0 atom stereocenters. The summed E-state index contributed by atoms with van der Waals surface area (Å²) >= 11 is 4.79. The van der Waals surface area contributed by atoms with Crippen LogP contribution in [0.15, 0.2) is 39.7 Å². The molecule has 0 saturated heterocycles. The van der Waals surface area contributed by atoms with Crippen LogP contribution in [0.5, 0.6) is 11.5 Å². The number of nitriles is 1. The van der Waals surface area contributed by atoms with Crippen LogP contribution in [0.2, 0.25) is 0 Å². The fraction of sp³-hybridized carbons (Fsp3) is 0.125. The van der Waals surface area contributed by atoms with E-state index >= 15 is 0 Å². The Labute approximate surface area is 145 Å². The number of benzene rings is 1. The minimum absolute atomic E-state index is 0.0363. The molecule has 1 aromatic carbocycles. The van der Waals surface area contributed by atoms with Crippen LogP contribution in [-0.4, -0.2) is 19.1 Å². The van der Waals surface area contributed by atoms with Gasteiger partial charge in [-0.05, 0) is 40.2 Å². The average Bonchev–Trinajstić information content (AvgIpc) is 2.97. The molecule has 1 aliphatic rings. The van der Waals surface area contributed by atoms with Crippen molar-refractivity contribution in [1.82, 2.24) is 0 Å². The van der Waals surface area contributed by atoms with E-state index in [2.05, 4.69) is 21.2 Å². The summed E-state index contributed by atoms with van der Waals surface area (Å²) in [6.07, 6.45) is 1.56. The van der Waals surface area contributed by atoms with Gasteiger partial charge in [-0.25, -0.2) is 0 Å². The molecule has 1 amide bonds. The molecule has 1 aliphatic heterocycles. The van der Waals surface area contributed by atoms with Crippen molar-refractivity contribution < 1.29 is 14.3 Å². The Bertz CT molecular complexity index is 823. The van der Waals surface area contributed by atoms with Crippen molar-refractivity contribution in [2.24, 2.45) is 0 Å². The second kappa shape index (κ2) is 6.86. The molecule has 0 bridgehead atoms. The Morgan fingerprint density at radius 1 is 1.30 bits per heavy atom. The van der Waals surface area contributed by atoms with Gasteiger partial charge in [-0.3, -0.25) is 4.79 Å². The van der Waals surface area contributed by atoms with Crippen molar-refractivity contribution in [3.63, 3.8) is 0 Å². The molecule has 0 unspecified atom stereocenters. The lowest BCUT2D eigenvalue weighted by Crippen LogP contribution is -2.17. The number of nitrogens with zero attached hydrogens (tertiary/aromatic N) is 1. The van der Waals surface area contributed by atoms with Gasteiger partial charge in [0.25, 0.3) is 5.91 Å². The first kappa shape index (κ1) is 15.6. The van der Waals surface area contributed by atoms with Crippen LogP contribution < -0.4 is 14.8 Å². The first-order valence-corrected chi connectivity index (χ1v) is 8.40. The number of hydrogen-bond donors (Lipinski definition) is 1. The molecule has 3 rings (SSSR count). The van der Waals surface area contributed by atoms with Gasteiger partial charge in [0.1, 0.15) is 24.9 Å². The van der Waals surface area contributed by atoms with Crippen LogP contribution in [-0.2, 0) is 4.79 Å². The molecule has 0 aliphatic carbocycles. The minimum atomic E-state index is -0.464. The Morgan fingerprint density at radius 3 is 2.78 bits per heavy atom. The zero-order valence-electron chi connectivity index (χ0n) is 11.8. The van der Waals surface area contributed by atoms with Crippen molar-refractivity contribution in [1.29, 1.82) is 5.26 Å². The van der Waals surface area contributed by atoms with Gasteiger partial charge in [-0.1, -0.05) is 0 Å². The van der Waals surface area contributed by atoms with Crippen LogP contribution in [0, 0.1) is 11.3 Å². The molecule has 1 aromatic heterocycles. The number of anilines is 1. The molecule has 5 nitrogen and oxygen atoms in total. The Kier molecular flexibility index (Phi) is 4.65. The number of thiophene rings is 1. The number of carbonyl (C=O) groups excluding carboxylic acids is 1. The summed E-state index contributed by atoms with van der Waals surface area (Å²) in [5, 5.41) is 13.8. The molecule has 2 heterocycles. The van der Waals surface area contributed by atoms with E-state index in [4.69, 9.17) is 9.47 Å². The molecule has 1 N–H and O–H groups in total. The van der Waals surface area contributed by atoms with E-state index in [0.29, 0.717) is 30.4 Å². The average molecular weight is 391 g/mol. The van der Waals surface area contributed by atoms with Crippen molar-refractivity contribution in [3.8, 4) is 17.6 Å². The van der Waals surface area contributed by atoms with Crippen molar-refractivity contribution in [2.75, 3.05) is 18.5 Å². The van der Waals surface area contributed by atoms with Crippen molar-refractivity contribution in [2.45, 2.75) is 0 Å². The molecule has 0 fully saturated rings. The van der Waals surface area contributed by atoms with Gasteiger partial charge in [0.05, 0.1) is 0 Å². The summed E-state index contributed by atoms with van der Waals surface area (Å²) in [7, 11) is 0. The third-order valence-corrected chi connectivity index (χ3v) is 4.68. The van der Waals surface area contributed by atoms with E-state index in [0.717, 1.165) is 9.35 Å². The lowest BCUT2D eigenvalue weighted by molar-refractivity contribution is -0.112. The first-order chi connectivity index (χ1) is 11.2. The summed E-state index contributed by atoms with van der Waals surface area (Å²) in [5.74, 6) is 0.765. The van der Waals surface area contributed by atoms with Crippen LogP contribution in [0.1, 0.15) is 4.88 Å². The Balaban J connectivity index is 1.77. The van der Waals surface area contributed by atoms with Crippen molar-refractivity contribution in [3.05, 3.63) is 44.6 Å². The van der Waals surface area contributed by atoms with E-state index in [9.17, 15) is 10.1 Å². The smallest absolute Gasteiger partial charge is 0.266 e. The van der Waals surface area contributed by atoms with Gasteiger partial charge in [0, 0.05) is 26.5 Å². The number of ether oxygens (including phenoxy) is 2. The highest BCUT2D eigenvalue weighted by Crippen LogP contribution is 2.32. The van der Waals surface area contributed by atoms with Gasteiger partial charge in [0.15, 0.2) is 11.5 Å². The first-order valence-electron chi connectivity index (χ1n) is 6.72. The van der Waals surface area contributed by atoms with E-state index in [1.165, 1.54) is 11.3 Å². The maximum absolute atomic E-state index is 12.2. The summed E-state index contributed by atoms with van der Waals surface area (Å²) in [4.78, 5) is 13.1. The molecular formula is C16H11BrN2O3S. The standard InChI is InChI=1S/C16H11BrN2O3S/c17-11-6-13(23-9-11)5-10(8-18)16(20)19-12-1-2-14-15(7-12)22-4-3-21-14/h1-2,5-7,9H,3-4H2,(H,19,20)/b10-5+. The summed E-state index contributed by atoms with van der Waals surface area (Å²) in [5.41, 5.74) is 0.585. The Morgan fingerprint density at radius 2 is 2.09 bits per heavy atom. The molecule has 0 saturated carbocycles. The zero-order chi connectivity index (χ0) is 16.2. The molecule has 0 radical (unpaired) electrons. The fourth-order valence-electron chi connectivity index (χ4n) is 2.01. The predicted molar refractivity (Wildman–Crippen MR) is 91.7 cm³/mol. The molecular weight excluding hydrogens is 380 g/mol. The molecule has 2 aromatic rings. The van der Waals surface area contributed by atoms with Crippen LogP contribution in [0.4, 0.5) is 5.69 Å². The summed E-state index contributed by atoms with van der Waals surface area (Å²) in [6, 6.07) is 8.90. The lowest BCUT2D eigenvalue weighted by atomic mass is 10.2. The SMILES string of the molecule is N#C/C(=C\c1cc(Br)cs1)C(=O)Nc1ccc2c(c1)OCCO2. The van der Waals surface area contributed by atoms with Crippen LogP contribution >= 0.6 is 27.3 Å². The minimum Gasteiger partial charge on any atom is -0.486 e. The van der Waals surface area contributed by atoms with E-state index in [1.54, 1.807) is 24.3 Å². The number of halogens is 1. The second-order valence-electron chi connectivity index (χ2n) is 4.65. The van der Waals surface area contributed by atoms with Gasteiger partial charge in [0.2, 0.25) is 0 Å². The third kappa shape index (κ3) is 3.73. The largest absolute Gasteiger partial charge is 0.486 e. The zero-order valence-corrected chi connectivity index (χ0v) is 14.2. The molecule has 7 heteroatoms. The quantitative estimate of drug-likeness (QED) is 0.638. The molecule has 23 heavy (non-hydrogen) atoms. The number of carbonyl (C=O) groups is 1. The van der Waals surface area contributed by atoms with Crippen LogP contribution in [0.25, 0.3) is 6.08 Å². The number of nitrogens with one attached hydrogen (secondary N) is 1. The second-order valence-corrected chi connectivity index (χ2v) is 6.51. The lowest BCUT2D eigenvalue weighted by Gasteiger charge is -2.18. The van der Waals surface area contributed by atoms with E-state index < -0.39 is 5.91 Å². The van der Waals surface area contributed by atoms with Gasteiger partial charge in [-0.15, -0.1) is 11.3 Å². The predicted octanol–water partition coefficient (Wildman–Crippen LogP) is 3.83. The normalized spacial score (nSPS) is 13.3. The number of hydrogen-bond acceptors (Lipinski definition) is 5. The van der Waals surface area contributed by atoms with Crippen molar-refractivity contribution >= 4 is 44.9 Å². The monoisotopic (exact) mass is 390 g/mol. The number of amides is 1. The molecule has 0 spiro atoms. The van der Waals surface area contributed by atoms with Gasteiger partial charge in [-0.2, -0.15) is 5.26 Å². The maximum atomic E-state index is 12.2. The van der Waals surface area contributed by atoms with Crippen LogP contribution in [0.3, 0.4) is 0 Å². The topological polar surface area (TPSA) is 71.4 Å². The summed E-state index contributed by atoms with van der Waals surface area (Å²) < 4.78 is 11.8. The highest BCUT2D eigenvalue weighted by atomic mass is 79.9. The van der Waals surface area contributed by atoms with Gasteiger partial charge < -0.3 is 14.8 Å². The fourth-order valence-corrected chi connectivity index (χ4v) is 3.39.